The molecule has 60 valence electrons. The van der Waals surface area contributed by atoms with Crippen LogP contribution in [0.2, 0.25) is 0 Å². The molecule has 1 aromatic carbocycles. The number of nitrogens with two attached hydrogens (primary N) is 1. The summed E-state index contributed by atoms with van der Waals surface area (Å²) in [6, 6.07) is 10.1. The van der Waals surface area contributed by atoms with Gasteiger partial charge in [-0.25, -0.2) is 0 Å². The molecule has 0 radical (unpaired) electrons. The average molecular weight is 207 g/mol. The van der Waals surface area contributed by atoms with Gasteiger partial charge in [-0.1, -0.05) is 54.3 Å². The number of benzene rings is 1. The maximum atomic E-state index is 5.33. The zero-order valence-electron chi connectivity index (χ0n) is 7.99. The Morgan fingerprint density at radius 3 is 2.50 bits per heavy atom. The van der Waals surface area contributed by atoms with E-state index in [-0.39, 0.29) is 31.0 Å². The van der Waals surface area contributed by atoms with Gasteiger partial charge in [0.2, 0.25) is 0 Å². The Morgan fingerprint density at radius 2 is 2.00 bits per heavy atom. The van der Waals surface area contributed by atoms with E-state index in [4.69, 9.17) is 18.0 Å². The van der Waals surface area contributed by atoms with Crippen LogP contribution in [0.4, 0.5) is 0 Å². The van der Waals surface area contributed by atoms with Crippen LogP contribution in [0.15, 0.2) is 30.3 Å². The molecule has 0 aromatic heterocycles. The number of hydrogen-bond donors (Lipinski definition) is 1. The summed E-state index contributed by atoms with van der Waals surface area (Å²) in [5, 5.41) is 0. The van der Waals surface area contributed by atoms with Crippen molar-refractivity contribution < 1.29 is 31.0 Å². The van der Waals surface area contributed by atoms with Crippen LogP contribution in [0.5, 0.6) is 0 Å². The fourth-order valence-electron chi connectivity index (χ4n) is 0.729. The van der Waals surface area contributed by atoms with E-state index in [0.29, 0.717) is 4.32 Å². The molecular formula is C8H10NNaS2. The number of thioether (sulfide) groups is 1. The second-order valence-electron chi connectivity index (χ2n) is 2.09. The van der Waals surface area contributed by atoms with Crippen LogP contribution in [-0.4, -0.2) is 4.32 Å². The Hall–Kier alpha value is 0.460. The molecule has 2 N–H and O–H groups in total. The van der Waals surface area contributed by atoms with E-state index >= 15 is 0 Å². The molecule has 0 bridgehead atoms. The molecule has 0 amide bonds. The summed E-state index contributed by atoms with van der Waals surface area (Å²) < 4.78 is 0.508. The second kappa shape index (κ2) is 6.92. The first-order valence-corrected chi connectivity index (χ1v) is 4.64. The van der Waals surface area contributed by atoms with E-state index < -0.39 is 0 Å². The minimum absolute atomic E-state index is 0. The number of thiocarbonyl (C=S) groups is 1. The molecule has 0 spiro atoms. The average Bonchev–Trinajstić information content (AvgIpc) is 2.03. The molecule has 12 heavy (non-hydrogen) atoms. The Bertz CT molecular complexity index is 243. The van der Waals surface area contributed by atoms with E-state index in [1.54, 1.807) is 0 Å². The summed E-state index contributed by atoms with van der Waals surface area (Å²) >= 11 is 6.23. The maximum Gasteiger partial charge on any atom is 1.00 e. The molecule has 1 rings (SSSR count). The van der Waals surface area contributed by atoms with Crippen LogP contribution < -0.4 is 35.3 Å². The Balaban J connectivity index is 0. The van der Waals surface area contributed by atoms with Gasteiger partial charge in [-0.2, -0.15) is 0 Å². The van der Waals surface area contributed by atoms with Gasteiger partial charge in [0.15, 0.2) is 0 Å². The molecule has 0 atom stereocenters. The standard InChI is InChI=1S/C8H9NS2.Na.H/c9-8(10)11-6-7-4-2-1-3-5-7;;/h1-5H,6H2,(H2,9,10);;/q;+1;-1. The van der Waals surface area contributed by atoms with Crippen molar-refractivity contribution in [3.63, 3.8) is 0 Å². The number of rotatable bonds is 2. The molecule has 0 aliphatic carbocycles. The summed E-state index contributed by atoms with van der Waals surface area (Å²) in [6.07, 6.45) is 0. The van der Waals surface area contributed by atoms with Gasteiger partial charge in [-0.3, -0.25) is 0 Å². The molecule has 0 saturated heterocycles. The zero-order valence-corrected chi connectivity index (χ0v) is 10.6. The topological polar surface area (TPSA) is 26.0 Å². The van der Waals surface area contributed by atoms with Crippen molar-refractivity contribution in [2.24, 2.45) is 5.73 Å². The fourth-order valence-corrected chi connectivity index (χ4v) is 1.41. The Kier molecular flexibility index (Phi) is 7.19. The first kappa shape index (κ1) is 12.5. The number of hydrogen-bond acceptors (Lipinski definition) is 2. The van der Waals surface area contributed by atoms with Crippen molar-refractivity contribution in [2.45, 2.75) is 5.75 Å². The van der Waals surface area contributed by atoms with Gasteiger partial charge in [0.25, 0.3) is 0 Å². The van der Waals surface area contributed by atoms with Gasteiger partial charge in [0.05, 0.1) is 0 Å². The molecule has 1 aromatic rings. The summed E-state index contributed by atoms with van der Waals surface area (Å²) in [4.78, 5) is 0. The zero-order chi connectivity index (χ0) is 8.10. The Morgan fingerprint density at radius 1 is 1.42 bits per heavy atom. The SMILES string of the molecule is NC(=S)SCc1ccccc1.[H-].[Na+]. The quantitative estimate of drug-likeness (QED) is 0.512. The summed E-state index contributed by atoms with van der Waals surface area (Å²) in [5.41, 5.74) is 6.59. The third-order valence-corrected chi connectivity index (χ3v) is 2.34. The molecule has 0 aliphatic rings. The van der Waals surface area contributed by atoms with Crippen LogP contribution >= 0.6 is 24.0 Å². The molecule has 0 heterocycles. The van der Waals surface area contributed by atoms with Crippen LogP contribution in [0.1, 0.15) is 6.99 Å². The minimum atomic E-state index is 0. The third-order valence-electron chi connectivity index (χ3n) is 1.22. The van der Waals surface area contributed by atoms with Crippen molar-refractivity contribution >= 4 is 28.3 Å². The molecule has 0 fully saturated rings. The van der Waals surface area contributed by atoms with Crippen LogP contribution in [0, 0.1) is 0 Å². The maximum absolute atomic E-state index is 5.33. The molecule has 0 saturated carbocycles. The van der Waals surface area contributed by atoms with Gasteiger partial charge in [-0.15, -0.1) is 0 Å². The van der Waals surface area contributed by atoms with Gasteiger partial charge < -0.3 is 7.16 Å². The second-order valence-corrected chi connectivity index (χ2v) is 3.81. The molecule has 4 heteroatoms. The molecular weight excluding hydrogens is 197 g/mol. The first-order chi connectivity index (χ1) is 5.29. The van der Waals surface area contributed by atoms with Crippen molar-refractivity contribution in [3.05, 3.63) is 35.9 Å². The summed E-state index contributed by atoms with van der Waals surface area (Å²) in [6.45, 7) is 0. The van der Waals surface area contributed by atoms with Crippen molar-refractivity contribution in [2.75, 3.05) is 0 Å². The van der Waals surface area contributed by atoms with Gasteiger partial charge in [0.1, 0.15) is 4.32 Å². The summed E-state index contributed by atoms with van der Waals surface area (Å²) in [5.74, 6) is 0.871. The first-order valence-electron chi connectivity index (χ1n) is 3.25. The largest absolute Gasteiger partial charge is 1.00 e. The minimum Gasteiger partial charge on any atom is -1.00 e. The predicted octanol–water partition coefficient (Wildman–Crippen LogP) is -0.720. The molecule has 1 nitrogen and oxygen atoms in total. The fraction of sp³-hybridized carbons (Fsp3) is 0.125. The van der Waals surface area contributed by atoms with E-state index in [1.807, 2.05) is 18.2 Å². The summed E-state index contributed by atoms with van der Waals surface area (Å²) in [7, 11) is 0. The smallest absolute Gasteiger partial charge is 1.00 e. The third kappa shape index (κ3) is 5.17. The van der Waals surface area contributed by atoms with Crippen LogP contribution in [0.3, 0.4) is 0 Å². The Labute approximate surface area is 106 Å². The van der Waals surface area contributed by atoms with E-state index in [0.717, 1.165) is 5.75 Å². The van der Waals surface area contributed by atoms with E-state index in [1.165, 1.54) is 17.3 Å². The van der Waals surface area contributed by atoms with Gasteiger partial charge in [0, 0.05) is 5.75 Å². The normalized spacial score (nSPS) is 8.67. The van der Waals surface area contributed by atoms with Crippen molar-refractivity contribution in [1.29, 1.82) is 0 Å². The predicted molar refractivity (Wildman–Crippen MR) is 55.6 cm³/mol. The van der Waals surface area contributed by atoms with Crippen molar-refractivity contribution in [1.82, 2.24) is 0 Å². The molecule has 0 aliphatic heterocycles. The van der Waals surface area contributed by atoms with Crippen LogP contribution in [-0.2, 0) is 5.75 Å². The monoisotopic (exact) mass is 207 g/mol. The molecule has 0 unspecified atom stereocenters. The van der Waals surface area contributed by atoms with E-state index in [2.05, 4.69) is 12.1 Å². The van der Waals surface area contributed by atoms with Crippen LogP contribution in [0.25, 0.3) is 0 Å². The van der Waals surface area contributed by atoms with E-state index in [9.17, 15) is 0 Å². The van der Waals surface area contributed by atoms with Gasteiger partial charge >= 0.3 is 29.6 Å². The van der Waals surface area contributed by atoms with Crippen molar-refractivity contribution in [3.8, 4) is 0 Å². The van der Waals surface area contributed by atoms with Gasteiger partial charge in [-0.05, 0) is 5.56 Å².